The minimum Gasteiger partial charge on any atom is -0.382 e. The average molecular weight is 141 g/mol. The van der Waals surface area contributed by atoms with Crippen LogP contribution in [0.4, 0.5) is 0 Å². The van der Waals surface area contributed by atoms with Crippen LogP contribution in [0.2, 0.25) is 0 Å². The predicted molar refractivity (Wildman–Crippen MR) is 42.4 cm³/mol. The minimum absolute atomic E-state index is 0.196. The van der Waals surface area contributed by atoms with Crippen LogP contribution in [0.3, 0.4) is 0 Å². The Hall–Kier alpha value is -0.370. The number of aliphatic hydroxyl groups is 1. The molecule has 0 aromatic carbocycles. The lowest BCUT2D eigenvalue weighted by atomic mass is 9.80. The number of hydrogen-bond donors (Lipinski definition) is 1. The summed E-state index contributed by atoms with van der Waals surface area (Å²) in [5.41, 5.74) is -0.389. The van der Waals surface area contributed by atoms with Gasteiger partial charge in [-0.15, -0.1) is 0 Å². The predicted octanol–water partition coefficient (Wildman–Crippen LogP) is 1.24. The highest BCUT2D eigenvalue weighted by molar-refractivity contribution is 5.74. The van der Waals surface area contributed by atoms with Gasteiger partial charge in [0.1, 0.15) is 5.60 Å². The molecular weight excluding hydrogens is 126 g/mol. The summed E-state index contributed by atoms with van der Waals surface area (Å²) in [5.74, 6) is 0. The maximum atomic E-state index is 9.60. The molecule has 1 aliphatic rings. The lowest BCUT2D eigenvalue weighted by Crippen LogP contribution is -2.44. The molecular formula is C8H15NO. The van der Waals surface area contributed by atoms with Crippen LogP contribution in [-0.2, 0) is 0 Å². The van der Waals surface area contributed by atoms with E-state index >= 15 is 0 Å². The zero-order valence-electron chi connectivity index (χ0n) is 6.89. The summed E-state index contributed by atoms with van der Waals surface area (Å²) in [7, 11) is 0. The van der Waals surface area contributed by atoms with E-state index in [1.807, 2.05) is 0 Å². The van der Waals surface area contributed by atoms with Crippen LogP contribution in [0.5, 0.6) is 0 Å². The Kier molecular flexibility index (Phi) is 1.59. The van der Waals surface area contributed by atoms with Crippen molar-refractivity contribution in [3.8, 4) is 0 Å². The van der Waals surface area contributed by atoms with Gasteiger partial charge in [-0.2, -0.15) is 0 Å². The van der Waals surface area contributed by atoms with Gasteiger partial charge in [-0.3, -0.25) is 4.99 Å². The number of rotatable bonds is 1. The van der Waals surface area contributed by atoms with Gasteiger partial charge < -0.3 is 5.11 Å². The van der Waals surface area contributed by atoms with E-state index in [9.17, 15) is 5.11 Å². The zero-order chi connectivity index (χ0) is 7.83. The van der Waals surface area contributed by atoms with Crippen LogP contribution < -0.4 is 0 Å². The molecule has 0 amide bonds. The standard InChI is InChI=1S/C8H15NO/c1-7(2,3)4-8(10)5-9-6-8/h5,10H,4,6H2,1-3H3. The zero-order valence-corrected chi connectivity index (χ0v) is 6.89. The second-order valence-corrected chi connectivity index (χ2v) is 4.31. The molecule has 0 bridgehead atoms. The third-order valence-corrected chi connectivity index (χ3v) is 1.53. The molecule has 1 unspecified atom stereocenters. The molecule has 0 spiro atoms. The fourth-order valence-corrected chi connectivity index (χ4v) is 1.32. The van der Waals surface area contributed by atoms with Gasteiger partial charge in [-0.1, -0.05) is 20.8 Å². The first-order valence-electron chi connectivity index (χ1n) is 3.65. The number of aliphatic imine (C=N–C) groups is 1. The third-order valence-electron chi connectivity index (χ3n) is 1.53. The summed E-state index contributed by atoms with van der Waals surface area (Å²) in [5, 5.41) is 9.60. The number of nitrogens with zero attached hydrogens (tertiary/aromatic N) is 1. The average Bonchev–Trinajstić information content (AvgIpc) is 1.57. The second-order valence-electron chi connectivity index (χ2n) is 4.31. The van der Waals surface area contributed by atoms with Crippen molar-refractivity contribution in [2.24, 2.45) is 10.4 Å². The molecule has 58 valence electrons. The molecule has 10 heavy (non-hydrogen) atoms. The molecule has 0 saturated heterocycles. The van der Waals surface area contributed by atoms with E-state index in [-0.39, 0.29) is 5.41 Å². The van der Waals surface area contributed by atoms with E-state index in [0.29, 0.717) is 6.54 Å². The summed E-state index contributed by atoms with van der Waals surface area (Å²) in [6.45, 7) is 6.95. The maximum absolute atomic E-state index is 9.60. The van der Waals surface area contributed by atoms with Crippen LogP contribution in [0.15, 0.2) is 4.99 Å². The molecule has 0 radical (unpaired) electrons. The highest BCUT2D eigenvalue weighted by Gasteiger charge is 2.34. The molecule has 1 rings (SSSR count). The normalized spacial score (nSPS) is 32.0. The quantitative estimate of drug-likeness (QED) is 0.585. The van der Waals surface area contributed by atoms with Crippen molar-refractivity contribution in [1.29, 1.82) is 0 Å². The van der Waals surface area contributed by atoms with Gasteiger partial charge >= 0.3 is 0 Å². The molecule has 2 heteroatoms. The van der Waals surface area contributed by atoms with Crippen LogP contribution in [0.25, 0.3) is 0 Å². The van der Waals surface area contributed by atoms with E-state index < -0.39 is 5.60 Å². The summed E-state index contributed by atoms with van der Waals surface area (Å²) in [6.07, 6.45) is 2.46. The Labute approximate surface area is 62.0 Å². The molecule has 0 aliphatic carbocycles. The van der Waals surface area contributed by atoms with E-state index in [4.69, 9.17) is 0 Å². The fourth-order valence-electron chi connectivity index (χ4n) is 1.32. The molecule has 0 fully saturated rings. The smallest absolute Gasteiger partial charge is 0.119 e. The van der Waals surface area contributed by atoms with Gasteiger partial charge in [0.15, 0.2) is 0 Å². The van der Waals surface area contributed by atoms with Gasteiger partial charge in [0, 0.05) is 6.21 Å². The van der Waals surface area contributed by atoms with Gasteiger partial charge in [0.25, 0.3) is 0 Å². The van der Waals surface area contributed by atoms with Crippen molar-refractivity contribution in [2.75, 3.05) is 6.54 Å². The van der Waals surface area contributed by atoms with Crippen molar-refractivity contribution in [3.05, 3.63) is 0 Å². The molecule has 1 atom stereocenters. The van der Waals surface area contributed by atoms with Crippen LogP contribution in [-0.4, -0.2) is 23.5 Å². The Morgan fingerprint density at radius 3 is 2.20 bits per heavy atom. The number of hydrogen-bond acceptors (Lipinski definition) is 2. The lowest BCUT2D eigenvalue weighted by molar-refractivity contribution is 0.0644. The Balaban J connectivity index is 2.46. The van der Waals surface area contributed by atoms with Crippen molar-refractivity contribution in [2.45, 2.75) is 32.8 Å². The molecule has 0 aromatic rings. The van der Waals surface area contributed by atoms with Crippen molar-refractivity contribution in [1.82, 2.24) is 0 Å². The van der Waals surface area contributed by atoms with Gasteiger partial charge in [-0.25, -0.2) is 0 Å². The van der Waals surface area contributed by atoms with Crippen LogP contribution in [0, 0.1) is 5.41 Å². The minimum atomic E-state index is -0.585. The highest BCUT2D eigenvalue weighted by atomic mass is 16.3. The first kappa shape index (κ1) is 7.73. The molecule has 1 N–H and O–H groups in total. The van der Waals surface area contributed by atoms with Gasteiger partial charge in [-0.05, 0) is 11.8 Å². The monoisotopic (exact) mass is 141 g/mol. The van der Waals surface area contributed by atoms with Crippen LogP contribution in [0.1, 0.15) is 27.2 Å². The Morgan fingerprint density at radius 1 is 1.60 bits per heavy atom. The van der Waals surface area contributed by atoms with E-state index in [1.54, 1.807) is 6.21 Å². The Bertz CT molecular complexity index is 157. The summed E-state index contributed by atoms with van der Waals surface area (Å²) in [6, 6.07) is 0. The van der Waals surface area contributed by atoms with Gasteiger partial charge in [0.2, 0.25) is 0 Å². The SMILES string of the molecule is CC(C)(C)CC1(O)C=NC1. The second kappa shape index (κ2) is 2.06. The van der Waals surface area contributed by atoms with E-state index in [0.717, 1.165) is 6.42 Å². The van der Waals surface area contributed by atoms with Gasteiger partial charge in [0.05, 0.1) is 6.54 Å². The summed E-state index contributed by atoms with van der Waals surface area (Å²) >= 11 is 0. The lowest BCUT2D eigenvalue weighted by Gasteiger charge is -2.34. The highest BCUT2D eigenvalue weighted by Crippen LogP contribution is 2.29. The van der Waals surface area contributed by atoms with E-state index in [1.165, 1.54) is 0 Å². The van der Waals surface area contributed by atoms with Crippen molar-refractivity contribution < 1.29 is 5.11 Å². The molecule has 0 saturated carbocycles. The largest absolute Gasteiger partial charge is 0.382 e. The topological polar surface area (TPSA) is 32.6 Å². The third kappa shape index (κ3) is 1.81. The van der Waals surface area contributed by atoms with Crippen LogP contribution >= 0.6 is 0 Å². The summed E-state index contributed by atoms with van der Waals surface area (Å²) < 4.78 is 0. The van der Waals surface area contributed by atoms with Crippen molar-refractivity contribution >= 4 is 6.21 Å². The molecule has 1 heterocycles. The Morgan fingerprint density at radius 2 is 2.10 bits per heavy atom. The molecule has 1 aliphatic heterocycles. The first-order valence-corrected chi connectivity index (χ1v) is 3.65. The molecule has 2 nitrogen and oxygen atoms in total. The summed E-state index contributed by atoms with van der Waals surface area (Å²) in [4.78, 5) is 3.88. The van der Waals surface area contributed by atoms with E-state index in [2.05, 4.69) is 25.8 Å². The fraction of sp³-hybridized carbons (Fsp3) is 0.875. The molecule has 0 aromatic heterocycles. The maximum Gasteiger partial charge on any atom is 0.119 e. The van der Waals surface area contributed by atoms with Crippen molar-refractivity contribution in [3.63, 3.8) is 0 Å². The first-order chi connectivity index (χ1) is 4.41.